The van der Waals surface area contributed by atoms with Crippen LogP contribution in [0.4, 0.5) is 0 Å². The van der Waals surface area contributed by atoms with Crippen molar-refractivity contribution in [3.8, 4) is 0 Å². The number of aromatic nitrogens is 1. The highest BCUT2D eigenvalue weighted by atomic mass is 16.5. The first-order chi connectivity index (χ1) is 7.28. The Balaban J connectivity index is 1.92. The van der Waals surface area contributed by atoms with Gasteiger partial charge in [0.05, 0.1) is 18.4 Å². The molecule has 1 aliphatic heterocycles. The Labute approximate surface area is 89.2 Å². The second kappa shape index (κ2) is 4.59. The van der Waals surface area contributed by atoms with Crippen molar-refractivity contribution in [2.75, 3.05) is 19.7 Å². The number of hydrogen-bond donors (Lipinski definition) is 1. The molecule has 2 rings (SSSR count). The summed E-state index contributed by atoms with van der Waals surface area (Å²) in [7, 11) is 0. The molecule has 0 radical (unpaired) electrons. The topological polar surface area (TPSA) is 45.3 Å². The van der Waals surface area contributed by atoms with E-state index >= 15 is 0 Å². The number of H-pyrrole nitrogens is 1. The van der Waals surface area contributed by atoms with Crippen LogP contribution in [0, 0.1) is 0 Å². The van der Waals surface area contributed by atoms with Crippen LogP contribution in [-0.4, -0.2) is 42.0 Å². The van der Waals surface area contributed by atoms with Crippen molar-refractivity contribution in [1.29, 1.82) is 0 Å². The number of ether oxygens (including phenoxy) is 1. The Morgan fingerprint density at radius 2 is 2.60 bits per heavy atom. The number of nitrogens with one attached hydrogen (secondary N) is 1. The van der Waals surface area contributed by atoms with Gasteiger partial charge in [-0.05, 0) is 18.6 Å². The van der Waals surface area contributed by atoms with Gasteiger partial charge in [0.2, 0.25) is 0 Å². The van der Waals surface area contributed by atoms with E-state index in [4.69, 9.17) is 4.74 Å². The lowest BCUT2D eigenvalue weighted by Crippen LogP contribution is -2.40. The average molecular weight is 208 g/mol. The van der Waals surface area contributed by atoms with E-state index in [-0.39, 0.29) is 0 Å². The van der Waals surface area contributed by atoms with Crippen LogP contribution in [0.15, 0.2) is 12.3 Å². The summed E-state index contributed by atoms with van der Waals surface area (Å²) in [5.41, 5.74) is 1.80. The van der Waals surface area contributed by atoms with Crippen molar-refractivity contribution in [3.05, 3.63) is 23.5 Å². The quantitative estimate of drug-likeness (QED) is 0.755. The first-order valence-electron chi connectivity index (χ1n) is 5.24. The summed E-state index contributed by atoms with van der Waals surface area (Å²) in [6.45, 7) is 5.69. The molecule has 1 saturated heterocycles. The highest BCUT2D eigenvalue weighted by Crippen LogP contribution is 2.10. The number of morpholine rings is 1. The van der Waals surface area contributed by atoms with Gasteiger partial charge in [0.15, 0.2) is 6.29 Å². The summed E-state index contributed by atoms with van der Waals surface area (Å²) in [6.07, 6.45) is 3.04. The molecule has 0 amide bonds. The second-order valence-corrected chi connectivity index (χ2v) is 4.00. The standard InChI is InChI=1S/C11H16N2O2/c1-9-6-13(2-3-15-9)7-10-4-11(8-14)12-5-10/h4-5,8-9,12H,2-3,6-7H2,1H3. The van der Waals surface area contributed by atoms with Crippen molar-refractivity contribution < 1.29 is 9.53 Å². The fourth-order valence-electron chi connectivity index (χ4n) is 1.91. The maximum Gasteiger partial charge on any atom is 0.166 e. The molecular weight excluding hydrogens is 192 g/mol. The molecule has 1 aromatic rings. The molecule has 2 heterocycles. The van der Waals surface area contributed by atoms with Gasteiger partial charge in [-0.25, -0.2) is 0 Å². The molecule has 15 heavy (non-hydrogen) atoms. The van der Waals surface area contributed by atoms with Gasteiger partial charge in [-0.15, -0.1) is 0 Å². The maximum atomic E-state index is 10.5. The van der Waals surface area contributed by atoms with Crippen LogP contribution >= 0.6 is 0 Å². The molecule has 4 heteroatoms. The zero-order valence-corrected chi connectivity index (χ0v) is 8.90. The van der Waals surface area contributed by atoms with Gasteiger partial charge < -0.3 is 9.72 Å². The first-order valence-corrected chi connectivity index (χ1v) is 5.24. The number of aldehydes is 1. The van der Waals surface area contributed by atoms with Gasteiger partial charge in [-0.2, -0.15) is 0 Å². The molecule has 1 fully saturated rings. The molecule has 82 valence electrons. The molecule has 1 aromatic heterocycles. The van der Waals surface area contributed by atoms with Crippen molar-refractivity contribution >= 4 is 6.29 Å². The maximum absolute atomic E-state index is 10.5. The van der Waals surface area contributed by atoms with Gasteiger partial charge in [-0.3, -0.25) is 9.69 Å². The number of aromatic amines is 1. The molecule has 1 N–H and O–H groups in total. The monoisotopic (exact) mass is 208 g/mol. The van der Waals surface area contributed by atoms with Crippen molar-refractivity contribution in [2.45, 2.75) is 19.6 Å². The highest BCUT2D eigenvalue weighted by Gasteiger charge is 2.16. The second-order valence-electron chi connectivity index (χ2n) is 4.00. The van der Waals surface area contributed by atoms with Crippen LogP contribution in [0.5, 0.6) is 0 Å². The zero-order chi connectivity index (χ0) is 10.7. The van der Waals surface area contributed by atoms with E-state index in [2.05, 4.69) is 16.8 Å². The molecule has 1 aliphatic rings. The van der Waals surface area contributed by atoms with E-state index in [1.165, 1.54) is 0 Å². The third-order valence-electron chi connectivity index (χ3n) is 2.62. The first kappa shape index (κ1) is 10.4. The Bertz CT molecular complexity index is 335. The van der Waals surface area contributed by atoms with Crippen LogP contribution in [0.3, 0.4) is 0 Å². The Morgan fingerprint density at radius 3 is 3.27 bits per heavy atom. The third kappa shape index (κ3) is 2.67. The molecule has 0 saturated carbocycles. The summed E-state index contributed by atoms with van der Waals surface area (Å²) in [4.78, 5) is 15.8. The van der Waals surface area contributed by atoms with Crippen LogP contribution in [-0.2, 0) is 11.3 Å². The van der Waals surface area contributed by atoms with E-state index in [1.807, 2.05) is 12.3 Å². The predicted molar refractivity (Wildman–Crippen MR) is 56.9 cm³/mol. The van der Waals surface area contributed by atoms with Gasteiger partial charge >= 0.3 is 0 Å². The fraction of sp³-hybridized carbons (Fsp3) is 0.545. The lowest BCUT2D eigenvalue weighted by molar-refractivity contribution is -0.0212. The van der Waals surface area contributed by atoms with E-state index in [0.29, 0.717) is 11.8 Å². The number of carbonyl (C=O) groups excluding carboxylic acids is 1. The van der Waals surface area contributed by atoms with Crippen molar-refractivity contribution in [2.24, 2.45) is 0 Å². The summed E-state index contributed by atoms with van der Waals surface area (Å²) >= 11 is 0. The molecule has 0 bridgehead atoms. The SMILES string of the molecule is CC1CN(Cc2c[nH]c(C=O)c2)CCO1. The minimum absolute atomic E-state index is 0.309. The highest BCUT2D eigenvalue weighted by molar-refractivity contribution is 5.72. The molecule has 1 unspecified atom stereocenters. The number of rotatable bonds is 3. The van der Waals surface area contributed by atoms with Gasteiger partial charge in [-0.1, -0.05) is 0 Å². The molecule has 0 aliphatic carbocycles. The van der Waals surface area contributed by atoms with E-state index in [1.54, 1.807) is 0 Å². The van der Waals surface area contributed by atoms with Crippen LogP contribution in [0.1, 0.15) is 23.0 Å². The Morgan fingerprint density at radius 1 is 1.73 bits per heavy atom. The Hall–Kier alpha value is -1.13. The number of hydrogen-bond acceptors (Lipinski definition) is 3. The Kier molecular flexibility index (Phi) is 3.18. The summed E-state index contributed by atoms with van der Waals surface area (Å²) in [5.74, 6) is 0. The minimum Gasteiger partial charge on any atom is -0.376 e. The lowest BCUT2D eigenvalue weighted by Gasteiger charge is -2.30. The van der Waals surface area contributed by atoms with Gasteiger partial charge in [0, 0.05) is 25.8 Å². The third-order valence-corrected chi connectivity index (χ3v) is 2.62. The van der Waals surface area contributed by atoms with E-state index < -0.39 is 0 Å². The smallest absolute Gasteiger partial charge is 0.166 e. The normalized spacial score (nSPS) is 22.9. The summed E-state index contributed by atoms with van der Waals surface area (Å²) in [5, 5.41) is 0. The largest absolute Gasteiger partial charge is 0.376 e. The summed E-state index contributed by atoms with van der Waals surface area (Å²) in [6, 6.07) is 1.90. The van der Waals surface area contributed by atoms with Crippen LogP contribution in [0.25, 0.3) is 0 Å². The van der Waals surface area contributed by atoms with Crippen LogP contribution in [0.2, 0.25) is 0 Å². The lowest BCUT2D eigenvalue weighted by atomic mass is 10.2. The molecule has 4 nitrogen and oxygen atoms in total. The minimum atomic E-state index is 0.309. The molecule has 0 aromatic carbocycles. The number of carbonyl (C=O) groups is 1. The zero-order valence-electron chi connectivity index (χ0n) is 8.90. The van der Waals surface area contributed by atoms with E-state index in [9.17, 15) is 4.79 Å². The van der Waals surface area contributed by atoms with E-state index in [0.717, 1.165) is 38.1 Å². The summed E-state index contributed by atoms with van der Waals surface area (Å²) < 4.78 is 5.47. The fourth-order valence-corrected chi connectivity index (χ4v) is 1.91. The molecular formula is C11H16N2O2. The predicted octanol–water partition coefficient (Wildman–Crippen LogP) is 1.05. The van der Waals surface area contributed by atoms with Crippen molar-refractivity contribution in [1.82, 2.24) is 9.88 Å². The van der Waals surface area contributed by atoms with Gasteiger partial charge in [0.1, 0.15) is 0 Å². The number of nitrogens with zero attached hydrogens (tertiary/aromatic N) is 1. The van der Waals surface area contributed by atoms with Crippen LogP contribution < -0.4 is 0 Å². The molecule has 0 spiro atoms. The average Bonchev–Trinajstić information content (AvgIpc) is 2.65. The van der Waals surface area contributed by atoms with Gasteiger partial charge in [0.25, 0.3) is 0 Å². The van der Waals surface area contributed by atoms with Crippen molar-refractivity contribution in [3.63, 3.8) is 0 Å². The molecule has 1 atom stereocenters.